The third-order valence-electron chi connectivity index (χ3n) is 4.54. The molecule has 23 heavy (non-hydrogen) atoms. The SMILES string of the molecule is CCC(NS(=O)(=O)c1ccc2oc(=O)n(C)c2c1)C1CC(O)C1. The van der Waals surface area contributed by atoms with E-state index in [4.69, 9.17) is 4.42 Å². The smallest absolute Gasteiger partial charge is 0.408 e. The first-order valence-electron chi connectivity index (χ1n) is 7.61. The Bertz CT molecular complexity index is 877. The number of benzene rings is 1. The van der Waals surface area contributed by atoms with E-state index < -0.39 is 15.8 Å². The molecule has 1 fully saturated rings. The highest BCUT2D eigenvalue weighted by atomic mass is 32.2. The first-order valence-corrected chi connectivity index (χ1v) is 9.10. The van der Waals surface area contributed by atoms with Crippen LogP contribution in [0.15, 0.2) is 32.3 Å². The van der Waals surface area contributed by atoms with E-state index in [2.05, 4.69) is 4.72 Å². The van der Waals surface area contributed by atoms with Crippen molar-refractivity contribution >= 4 is 21.1 Å². The molecule has 0 saturated heterocycles. The van der Waals surface area contributed by atoms with E-state index in [1.54, 1.807) is 0 Å². The summed E-state index contributed by atoms with van der Waals surface area (Å²) in [5, 5.41) is 9.41. The molecule has 0 bridgehead atoms. The van der Waals surface area contributed by atoms with Crippen LogP contribution in [0.1, 0.15) is 26.2 Å². The first-order chi connectivity index (χ1) is 10.8. The summed E-state index contributed by atoms with van der Waals surface area (Å²) in [6.45, 7) is 1.92. The summed E-state index contributed by atoms with van der Waals surface area (Å²) in [7, 11) is -2.17. The van der Waals surface area contributed by atoms with Crippen LogP contribution < -0.4 is 10.5 Å². The summed E-state index contributed by atoms with van der Waals surface area (Å²) < 4.78 is 34.2. The van der Waals surface area contributed by atoms with E-state index in [-0.39, 0.29) is 23.0 Å². The van der Waals surface area contributed by atoms with Gasteiger partial charge in [-0.15, -0.1) is 0 Å². The van der Waals surface area contributed by atoms with Gasteiger partial charge in [0.25, 0.3) is 0 Å². The third kappa shape index (κ3) is 2.93. The lowest BCUT2D eigenvalue weighted by Gasteiger charge is -2.37. The standard InChI is InChI=1S/C15H20N2O5S/c1-3-12(9-6-10(18)7-9)16-23(20,21)11-4-5-14-13(8-11)17(2)15(19)22-14/h4-5,8-10,12,16,18H,3,6-7H2,1-2H3. The van der Waals surface area contributed by atoms with Gasteiger partial charge in [0.2, 0.25) is 10.0 Å². The monoisotopic (exact) mass is 340 g/mol. The van der Waals surface area contributed by atoms with E-state index in [9.17, 15) is 18.3 Å². The minimum atomic E-state index is -3.70. The zero-order valence-corrected chi connectivity index (χ0v) is 13.8. The Labute approximate surface area is 134 Å². The summed E-state index contributed by atoms with van der Waals surface area (Å²) in [6.07, 6.45) is 1.57. The predicted molar refractivity (Wildman–Crippen MR) is 84.6 cm³/mol. The number of hydrogen-bond acceptors (Lipinski definition) is 5. The topological polar surface area (TPSA) is 102 Å². The molecule has 2 aromatic rings. The van der Waals surface area contributed by atoms with Crippen LogP contribution in [0.5, 0.6) is 0 Å². The van der Waals surface area contributed by atoms with Crippen molar-refractivity contribution in [3.05, 3.63) is 28.7 Å². The van der Waals surface area contributed by atoms with Gasteiger partial charge in [-0.1, -0.05) is 6.92 Å². The molecule has 0 aliphatic heterocycles. The van der Waals surface area contributed by atoms with Crippen molar-refractivity contribution in [2.75, 3.05) is 0 Å². The number of sulfonamides is 1. The molecule has 3 rings (SSSR count). The molecule has 1 aliphatic carbocycles. The highest BCUT2D eigenvalue weighted by Crippen LogP contribution is 2.32. The largest absolute Gasteiger partial charge is 0.419 e. The molecule has 1 aromatic carbocycles. The molecular formula is C15H20N2O5S. The Hall–Kier alpha value is -1.64. The maximum absolute atomic E-state index is 12.6. The summed E-state index contributed by atoms with van der Waals surface area (Å²) in [5.41, 5.74) is 0.788. The van der Waals surface area contributed by atoms with Crippen molar-refractivity contribution in [2.24, 2.45) is 13.0 Å². The number of aliphatic hydroxyl groups is 1. The average molecular weight is 340 g/mol. The molecule has 7 nitrogen and oxygen atoms in total. The van der Waals surface area contributed by atoms with Gasteiger partial charge in [-0.3, -0.25) is 4.57 Å². The normalized spacial score (nSPS) is 22.9. The molecule has 2 N–H and O–H groups in total. The molecule has 1 unspecified atom stereocenters. The van der Waals surface area contributed by atoms with Crippen molar-refractivity contribution < 1.29 is 17.9 Å². The van der Waals surface area contributed by atoms with Crippen LogP contribution in [-0.2, 0) is 17.1 Å². The Balaban J connectivity index is 1.89. The predicted octanol–water partition coefficient (Wildman–Crippen LogP) is 0.959. The van der Waals surface area contributed by atoms with Crippen LogP contribution in [0.2, 0.25) is 0 Å². The first kappa shape index (κ1) is 16.2. The molecule has 126 valence electrons. The van der Waals surface area contributed by atoms with Crippen LogP contribution in [0, 0.1) is 5.92 Å². The van der Waals surface area contributed by atoms with Gasteiger partial charge in [0, 0.05) is 13.1 Å². The Morgan fingerprint density at radius 3 is 2.74 bits per heavy atom. The van der Waals surface area contributed by atoms with Gasteiger partial charge in [0.15, 0.2) is 5.58 Å². The number of oxazole rings is 1. The molecule has 1 aliphatic rings. The number of aromatic nitrogens is 1. The third-order valence-corrected chi connectivity index (χ3v) is 6.03. The second kappa shape index (κ2) is 5.77. The average Bonchev–Trinajstić information content (AvgIpc) is 2.76. The minimum Gasteiger partial charge on any atom is -0.408 e. The molecule has 1 aromatic heterocycles. The number of hydrogen-bond donors (Lipinski definition) is 2. The zero-order chi connectivity index (χ0) is 16.8. The van der Waals surface area contributed by atoms with Crippen molar-refractivity contribution in [3.63, 3.8) is 0 Å². The van der Waals surface area contributed by atoms with Crippen LogP contribution in [0.4, 0.5) is 0 Å². The van der Waals surface area contributed by atoms with Crippen LogP contribution in [0.3, 0.4) is 0 Å². The van der Waals surface area contributed by atoms with Gasteiger partial charge in [-0.25, -0.2) is 17.9 Å². The Morgan fingerprint density at radius 1 is 1.43 bits per heavy atom. The highest BCUT2D eigenvalue weighted by molar-refractivity contribution is 7.89. The van der Waals surface area contributed by atoms with Gasteiger partial charge in [0.05, 0.1) is 16.5 Å². The molecule has 8 heteroatoms. The summed E-state index contributed by atoms with van der Waals surface area (Å²) in [5.74, 6) is -0.371. The lowest BCUT2D eigenvalue weighted by Crippen LogP contribution is -2.46. The van der Waals surface area contributed by atoms with E-state index >= 15 is 0 Å². The number of aryl methyl sites for hydroxylation is 1. The summed E-state index contributed by atoms with van der Waals surface area (Å²) in [4.78, 5) is 11.6. The van der Waals surface area contributed by atoms with Crippen molar-refractivity contribution in [3.8, 4) is 0 Å². The Morgan fingerprint density at radius 2 is 2.13 bits per heavy atom. The van der Waals surface area contributed by atoms with E-state index in [1.807, 2.05) is 6.92 Å². The molecule has 1 atom stereocenters. The Kier molecular flexibility index (Phi) is 4.07. The quantitative estimate of drug-likeness (QED) is 0.844. The van der Waals surface area contributed by atoms with Crippen molar-refractivity contribution in [2.45, 2.75) is 43.2 Å². The zero-order valence-electron chi connectivity index (χ0n) is 13.0. The van der Waals surface area contributed by atoms with Gasteiger partial charge in [0.1, 0.15) is 0 Å². The molecule has 0 radical (unpaired) electrons. The maximum Gasteiger partial charge on any atom is 0.419 e. The van der Waals surface area contributed by atoms with E-state index in [1.165, 1.54) is 29.8 Å². The molecule has 0 spiro atoms. The second-order valence-corrected chi connectivity index (χ2v) is 7.79. The van der Waals surface area contributed by atoms with Crippen LogP contribution in [-0.4, -0.2) is 30.2 Å². The van der Waals surface area contributed by atoms with Crippen molar-refractivity contribution in [1.82, 2.24) is 9.29 Å². The summed E-state index contributed by atoms with van der Waals surface area (Å²) >= 11 is 0. The van der Waals surface area contributed by atoms with Gasteiger partial charge < -0.3 is 9.52 Å². The minimum absolute atomic E-state index is 0.0970. The van der Waals surface area contributed by atoms with Gasteiger partial charge >= 0.3 is 5.76 Å². The second-order valence-electron chi connectivity index (χ2n) is 6.08. The lowest BCUT2D eigenvalue weighted by molar-refractivity contribution is 0.0277. The fourth-order valence-corrected chi connectivity index (χ4v) is 4.42. The van der Waals surface area contributed by atoms with E-state index in [0.717, 1.165) is 0 Å². The molecular weight excluding hydrogens is 320 g/mol. The number of nitrogens with one attached hydrogen (secondary N) is 1. The highest BCUT2D eigenvalue weighted by Gasteiger charge is 2.35. The van der Waals surface area contributed by atoms with Crippen molar-refractivity contribution in [1.29, 1.82) is 0 Å². The fraction of sp³-hybridized carbons (Fsp3) is 0.533. The molecule has 1 saturated carbocycles. The molecule has 0 amide bonds. The van der Waals surface area contributed by atoms with Gasteiger partial charge in [-0.2, -0.15) is 0 Å². The maximum atomic E-state index is 12.6. The number of fused-ring (bicyclic) bond motifs is 1. The lowest BCUT2D eigenvalue weighted by atomic mass is 9.77. The van der Waals surface area contributed by atoms with E-state index in [0.29, 0.717) is 30.4 Å². The fourth-order valence-electron chi connectivity index (χ4n) is 3.01. The molecule has 1 heterocycles. The van der Waals surface area contributed by atoms with Crippen LogP contribution >= 0.6 is 0 Å². The number of nitrogens with zero attached hydrogens (tertiary/aromatic N) is 1. The number of rotatable bonds is 5. The van der Waals surface area contributed by atoms with Crippen LogP contribution in [0.25, 0.3) is 11.1 Å². The number of aliphatic hydroxyl groups excluding tert-OH is 1. The van der Waals surface area contributed by atoms with Gasteiger partial charge in [-0.05, 0) is 43.4 Å². The summed E-state index contributed by atoms with van der Waals surface area (Å²) in [6, 6.07) is 4.15.